The normalized spacial score (nSPS) is 14.3. The number of aliphatic hydroxyl groups excluding tert-OH is 2. The average molecular weight is 246 g/mol. The van der Waals surface area contributed by atoms with Gasteiger partial charge in [0.05, 0.1) is 13.2 Å². The maximum absolute atomic E-state index is 9.00. The van der Waals surface area contributed by atoms with Crippen LogP contribution in [0.4, 0.5) is 0 Å². The zero-order valence-corrected chi connectivity index (χ0v) is 11.9. The van der Waals surface area contributed by atoms with Gasteiger partial charge in [-0.05, 0) is 25.3 Å². The van der Waals surface area contributed by atoms with Crippen LogP contribution in [0.1, 0.15) is 34.1 Å². The summed E-state index contributed by atoms with van der Waals surface area (Å²) in [4.78, 5) is 2.12. The van der Waals surface area contributed by atoms with Gasteiger partial charge in [0.1, 0.15) is 0 Å². The minimum atomic E-state index is 0.125. The predicted molar refractivity (Wildman–Crippen MR) is 72.1 cm³/mol. The van der Waals surface area contributed by atoms with Crippen molar-refractivity contribution in [2.45, 2.75) is 40.2 Å². The summed E-state index contributed by atoms with van der Waals surface area (Å²) in [5.74, 6) is 0. The SMILES string of the molecule is CCCNC(C)C(C)(C)CN(CCO)CCO. The lowest BCUT2D eigenvalue weighted by molar-refractivity contribution is 0.102. The molecule has 1 unspecified atom stereocenters. The molecule has 0 saturated carbocycles. The molecule has 0 aliphatic rings. The molecule has 3 N–H and O–H groups in total. The first-order valence-corrected chi connectivity index (χ1v) is 6.65. The molecule has 0 aromatic rings. The van der Waals surface area contributed by atoms with Crippen molar-refractivity contribution < 1.29 is 10.2 Å². The Kier molecular flexibility index (Phi) is 8.78. The first kappa shape index (κ1) is 16.8. The van der Waals surface area contributed by atoms with Gasteiger partial charge < -0.3 is 15.5 Å². The molecule has 0 heterocycles. The van der Waals surface area contributed by atoms with E-state index in [1.807, 2.05) is 0 Å². The average Bonchev–Trinajstić information content (AvgIpc) is 2.26. The first-order chi connectivity index (χ1) is 7.97. The van der Waals surface area contributed by atoms with Crippen molar-refractivity contribution in [1.82, 2.24) is 10.2 Å². The largest absolute Gasteiger partial charge is 0.395 e. The predicted octanol–water partition coefficient (Wildman–Crippen LogP) is 0.687. The Labute approximate surface area is 106 Å². The van der Waals surface area contributed by atoms with Gasteiger partial charge in [-0.15, -0.1) is 0 Å². The molecular weight excluding hydrogens is 216 g/mol. The van der Waals surface area contributed by atoms with Crippen LogP contribution in [-0.4, -0.2) is 60.5 Å². The van der Waals surface area contributed by atoms with Crippen molar-refractivity contribution >= 4 is 0 Å². The second-order valence-electron chi connectivity index (χ2n) is 5.39. The molecule has 0 aliphatic carbocycles. The highest BCUT2D eigenvalue weighted by Gasteiger charge is 2.27. The monoisotopic (exact) mass is 246 g/mol. The van der Waals surface area contributed by atoms with Crippen LogP contribution in [0.25, 0.3) is 0 Å². The molecule has 0 amide bonds. The van der Waals surface area contributed by atoms with E-state index in [-0.39, 0.29) is 18.6 Å². The van der Waals surface area contributed by atoms with E-state index in [2.05, 4.69) is 37.9 Å². The molecule has 1 atom stereocenters. The van der Waals surface area contributed by atoms with E-state index in [4.69, 9.17) is 10.2 Å². The van der Waals surface area contributed by atoms with Crippen LogP contribution >= 0.6 is 0 Å². The summed E-state index contributed by atoms with van der Waals surface area (Å²) in [6, 6.07) is 0.419. The zero-order chi connectivity index (χ0) is 13.3. The summed E-state index contributed by atoms with van der Waals surface area (Å²) in [5, 5.41) is 21.5. The van der Waals surface area contributed by atoms with E-state index < -0.39 is 0 Å². The highest BCUT2D eigenvalue weighted by Crippen LogP contribution is 2.22. The van der Waals surface area contributed by atoms with Crippen molar-refractivity contribution in [1.29, 1.82) is 0 Å². The van der Waals surface area contributed by atoms with Gasteiger partial charge in [0.25, 0.3) is 0 Å². The van der Waals surface area contributed by atoms with E-state index in [9.17, 15) is 0 Å². The van der Waals surface area contributed by atoms with E-state index in [1.54, 1.807) is 0 Å². The van der Waals surface area contributed by atoms with Crippen molar-refractivity contribution in [2.24, 2.45) is 5.41 Å². The van der Waals surface area contributed by atoms with Gasteiger partial charge in [-0.25, -0.2) is 0 Å². The maximum Gasteiger partial charge on any atom is 0.0558 e. The Morgan fingerprint density at radius 3 is 2.12 bits per heavy atom. The van der Waals surface area contributed by atoms with Crippen LogP contribution < -0.4 is 5.32 Å². The van der Waals surface area contributed by atoms with Crippen LogP contribution in [0.5, 0.6) is 0 Å². The molecule has 17 heavy (non-hydrogen) atoms. The lowest BCUT2D eigenvalue weighted by Gasteiger charge is -2.37. The number of nitrogens with zero attached hydrogens (tertiary/aromatic N) is 1. The van der Waals surface area contributed by atoms with Crippen LogP contribution in [0.15, 0.2) is 0 Å². The third kappa shape index (κ3) is 6.99. The third-order valence-corrected chi connectivity index (χ3v) is 3.34. The number of hydrogen-bond acceptors (Lipinski definition) is 4. The summed E-state index contributed by atoms with van der Waals surface area (Å²) < 4.78 is 0. The van der Waals surface area contributed by atoms with Gasteiger partial charge >= 0.3 is 0 Å². The van der Waals surface area contributed by atoms with Crippen LogP contribution in [0, 0.1) is 5.41 Å². The van der Waals surface area contributed by atoms with Gasteiger partial charge in [0.2, 0.25) is 0 Å². The first-order valence-electron chi connectivity index (χ1n) is 6.65. The molecule has 0 bridgehead atoms. The fourth-order valence-electron chi connectivity index (χ4n) is 1.90. The minimum absolute atomic E-state index is 0.125. The summed E-state index contributed by atoms with van der Waals surface area (Å²) in [6.45, 7) is 12.3. The Morgan fingerprint density at radius 1 is 1.18 bits per heavy atom. The van der Waals surface area contributed by atoms with E-state index >= 15 is 0 Å². The lowest BCUT2D eigenvalue weighted by Crippen LogP contribution is -2.48. The lowest BCUT2D eigenvalue weighted by atomic mass is 9.84. The molecule has 0 aliphatic heterocycles. The molecule has 0 radical (unpaired) electrons. The van der Waals surface area contributed by atoms with Crippen molar-refractivity contribution in [3.05, 3.63) is 0 Å². The van der Waals surface area contributed by atoms with Crippen molar-refractivity contribution in [3.8, 4) is 0 Å². The van der Waals surface area contributed by atoms with E-state index in [0.717, 1.165) is 19.5 Å². The number of rotatable bonds is 10. The summed E-state index contributed by atoms with van der Waals surface area (Å²) in [7, 11) is 0. The molecule has 4 heteroatoms. The standard InChI is InChI=1S/C13H30N2O2/c1-5-6-14-12(2)13(3,4)11-15(7-9-16)8-10-17/h12,14,16-17H,5-11H2,1-4H3. The third-order valence-electron chi connectivity index (χ3n) is 3.34. The van der Waals surface area contributed by atoms with Crippen LogP contribution in [0.2, 0.25) is 0 Å². The van der Waals surface area contributed by atoms with Gasteiger partial charge in [0.15, 0.2) is 0 Å². The minimum Gasteiger partial charge on any atom is -0.395 e. The van der Waals surface area contributed by atoms with E-state index in [0.29, 0.717) is 19.1 Å². The smallest absolute Gasteiger partial charge is 0.0558 e. The van der Waals surface area contributed by atoms with Gasteiger partial charge in [-0.3, -0.25) is 4.90 Å². The number of hydrogen-bond donors (Lipinski definition) is 3. The fourth-order valence-corrected chi connectivity index (χ4v) is 1.90. The summed E-state index contributed by atoms with van der Waals surface area (Å²) in [6.07, 6.45) is 1.14. The molecule has 0 spiro atoms. The Balaban J connectivity index is 4.25. The molecule has 0 rings (SSSR count). The van der Waals surface area contributed by atoms with Crippen molar-refractivity contribution in [3.63, 3.8) is 0 Å². The van der Waals surface area contributed by atoms with Gasteiger partial charge in [0, 0.05) is 25.7 Å². The Bertz CT molecular complexity index is 180. The molecule has 0 fully saturated rings. The van der Waals surface area contributed by atoms with Gasteiger partial charge in [-0.1, -0.05) is 20.8 Å². The summed E-state index contributed by atoms with van der Waals surface area (Å²) >= 11 is 0. The van der Waals surface area contributed by atoms with E-state index in [1.165, 1.54) is 0 Å². The quantitative estimate of drug-likeness (QED) is 0.531. The highest BCUT2D eigenvalue weighted by atomic mass is 16.3. The molecular formula is C13H30N2O2. The molecule has 0 aromatic carbocycles. The summed E-state index contributed by atoms with van der Waals surface area (Å²) in [5.41, 5.74) is 0.125. The van der Waals surface area contributed by atoms with Gasteiger partial charge in [-0.2, -0.15) is 0 Å². The Hall–Kier alpha value is -0.160. The van der Waals surface area contributed by atoms with Crippen LogP contribution in [-0.2, 0) is 0 Å². The highest BCUT2D eigenvalue weighted by molar-refractivity contribution is 4.83. The van der Waals surface area contributed by atoms with Crippen molar-refractivity contribution in [2.75, 3.05) is 39.4 Å². The second kappa shape index (κ2) is 8.86. The molecule has 4 nitrogen and oxygen atoms in total. The second-order valence-corrected chi connectivity index (χ2v) is 5.39. The topological polar surface area (TPSA) is 55.7 Å². The maximum atomic E-state index is 9.00. The molecule has 0 aromatic heterocycles. The molecule has 0 saturated heterocycles. The van der Waals surface area contributed by atoms with Crippen LogP contribution in [0.3, 0.4) is 0 Å². The fraction of sp³-hybridized carbons (Fsp3) is 1.00. The number of nitrogens with one attached hydrogen (secondary N) is 1. The zero-order valence-electron chi connectivity index (χ0n) is 11.9. The number of aliphatic hydroxyl groups is 2. The Morgan fingerprint density at radius 2 is 1.71 bits per heavy atom. The molecule has 104 valence electrons.